The van der Waals surface area contributed by atoms with Crippen LogP contribution in [-0.2, 0) is 0 Å². The van der Waals surface area contributed by atoms with Gasteiger partial charge in [0, 0.05) is 15.8 Å². The van der Waals surface area contributed by atoms with Crippen molar-refractivity contribution in [3.05, 3.63) is 53.1 Å². The maximum Gasteiger partial charge on any atom is 0.337 e. The zero-order chi connectivity index (χ0) is 12.7. The van der Waals surface area contributed by atoms with Gasteiger partial charge in [0.2, 0.25) is 0 Å². The lowest BCUT2D eigenvalue weighted by Crippen LogP contribution is -2.00. The summed E-state index contributed by atoms with van der Waals surface area (Å²) in [5.41, 5.74) is 1.52. The number of aromatic carboxylic acids is 1. The first-order valence-electron chi connectivity index (χ1n) is 5.38. The van der Waals surface area contributed by atoms with Gasteiger partial charge in [0.05, 0.1) is 16.6 Å². The highest BCUT2D eigenvalue weighted by molar-refractivity contribution is 6.31. The minimum Gasteiger partial charge on any atom is -0.478 e. The molecule has 88 valence electrons. The zero-order valence-electron chi connectivity index (χ0n) is 9.22. The van der Waals surface area contributed by atoms with Crippen molar-refractivity contribution in [1.82, 2.24) is 4.98 Å². The first-order valence-corrected chi connectivity index (χ1v) is 5.76. The van der Waals surface area contributed by atoms with Crippen molar-refractivity contribution in [2.45, 2.75) is 0 Å². The van der Waals surface area contributed by atoms with E-state index in [0.29, 0.717) is 26.8 Å². The number of nitrogens with zero attached hydrogens (tertiary/aromatic N) is 1. The summed E-state index contributed by atoms with van der Waals surface area (Å²) in [5.74, 6) is -0.957. The van der Waals surface area contributed by atoms with Gasteiger partial charge in [-0.3, -0.25) is 0 Å². The van der Waals surface area contributed by atoms with Crippen molar-refractivity contribution in [3.8, 4) is 0 Å². The molecule has 0 amide bonds. The number of rotatable bonds is 1. The van der Waals surface area contributed by atoms with E-state index in [1.54, 1.807) is 36.4 Å². The monoisotopic (exact) mass is 257 g/mol. The summed E-state index contributed by atoms with van der Waals surface area (Å²) in [5, 5.41) is 11.2. The molecule has 0 spiro atoms. The fourth-order valence-electron chi connectivity index (χ4n) is 2.10. The molecular weight excluding hydrogens is 250 g/mol. The molecule has 0 saturated heterocycles. The van der Waals surface area contributed by atoms with E-state index in [9.17, 15) is 9.90 Å². The predicted octanol–water partition coefficient (Wildman–Crippen LogP) is 3.74. The number of aromatic nitrogens is 1. The molecule has 0 aliphatic rings. The van der Waals surface area contributed by atoms with Gasteiger partial charge in [-0.2, -0.15) is 0 Å². The van der Waals surface area contributed by atoms with Crippen LogP contribution in [0.3, 0.4) is 0 Å². The highest BCUT2D eigenvalue weighted by Crippen LogP contribution is 2.27. The molecule has 3 aromatic rings. The molecule has 0 fully saturated rings. The molecule has 0 aliphatic heterocycles. The predicted molar refractivity (Wildman–Crippen MR) is 71.2 cm³/mol. The van der Waals surface area contributed by atoms with Gasteiger partial charge < -0.3 is 5.11 Å². The molecule has 0 atom stereocenters. The van der Waals surface area contributed by atoms with E-state index < -0.39 is 5.97 Å². The Morgan fingerprint density at radius 2 is 1.78 bits per heavy atom. The number of hydrogen-bond donors (Lipinski definition) is 1. The molecule has 18 heavy (non-hydrogen) atoms. The largest absolute Gasteiger partial charge is 0.478 e. The molecule has 1 heterocycles. The summed E-state index contributed by atoms with van der Waals surface area (Å²) in [6.45, 7) is 0. The average Bonchev–Trinajstić information content (AvgIpc) is 2.35. The molecule has 3 nitrogen and oxygen atoms in total. The van der Waals surface area contributed by atoms with Crippen LogP contribution >= 0.6 is 11.6 Å². The minimum absolute atomic E-state index is 0.271. The second kappa shape index (κ2) is 3.96. The van der Waals surface area contributed by atoms with Crippen molar-refractivity contribution >= 4 is 39.4 Å². The minimum atomic E-state index is -0.957. The van der Waals surface area contributed by atoms with E-state index in [1.165, 1.54) is 0 Å². The van der Waals surface area contributed by atoms with Crippen LogP contribution in [0.15, 0.2) is 42.5 Å². The highest BCUT2D eigenvalue weighted by atomic mass is 35.5. The lowest BCUT2D eigenvalue weighted by atomic mass is 10.0. The number of carboxylic acids is 1. The van der Waals surface area contributed by atoms with Crippen molar-refractivity contribution in [2.24, 2.45) is 0 Å². The van der Waals surface area contributed by atoms with Crippen LogP contribution in [0, 0.1) is 0 Å². The SMILES string of the molecule is O=C(O)c1c2ccccc2nc2cc(Cl)ccc12. The second-order valence-corrected chi connectivity index (χ2v) is 4.41. The number of hydrogen-bond acceptors (Lipinski definition) is 2. The topological polar surface area (TPSA) is 50.2 Å². The van der Waals surface area contributed by atoms with Gasteiger partial charge >= 0.3 is 5.97 Å². The Kier molecular flexibility index (Phi) is 2.42. The van der Waals surface area contributed by atoms with E-state index in [2.05, 4.69) is 4.98 Å². The van der Waals surface area contributed by atoms with Gasteiger partial charge in [-0.15, -0.1) is 0 Å². The zero-order valence-corrected chi connectivity index (χ0v) is 9.98. The maximum absolute atomic E-state index is 11.5. The van der Waals surface area contributed by atoms with Crippen LogP contribution in [0.2, 0.25) is 5.02 Å². The number of benzene rings is 2. The third-order valence-corrected chi connectivity index (χ3v) is 3.09. The fraction of sp³-hybridized carbons (Fsp3) is 0. The summed E-state index contributed by atoms with van der Waals surface area (Å²) in [7, 11) is 0. The number of halogens is 1. The number of para-hydroxylation sites is 1. The Balaban J connectivity index is 2.58. The van der Waals surface area contributed by atoms with Gasteiger partial charge in [0.25, 0.3) is 0 Å². The Bertz CT molecular complexity index is 783. The quantitative estimate of drug-likeness (QED) is 0.676. The maximum atomic E-state index is 11.5. The molecule has 0 saturated carbocycles. The summed E-state index contributed by atoms with van der Waals surface area (Å²) >= 11 is 5.91. The van der Waals surface area contributed by atoms with Crippen molar-refractivity contribution in [3.63, 3.8) is 0 Å². The number of carbonyl (C=O) groups is 1. The number of carboxylic acid groups (broad SMARTS) is 1. The highest BCUT2D eigenvalue weighted by Gasteiger charge is 2.14. The molecule has 2 aromatic carbocycles. The third-order valence-electron chi connectivity index (χ3n) is 2.86. The standard InChI is InChI=1S/C14H8ClNO2/c15-8-5-6-10-12(7-8)16-11-4-2-1-3-9(11)13(10)14(17)18/h1-7H,(H,17,18). The van der Waals surface area contributed by atoms with Gasteiger partial charge in [-0.25, -0.2) is 9.78 Å². The molecule has 3 rings (SSSR count). The van der Waals surface area contributed by atoms with E-state index in [4.69, 9.17) is 11.6 Å². The molecular formula is C14H8ClNO2. The van der Waals surface area contributed by atoms with Crippen LogP contribution < -0.4 is 0 Å². The molecule has 1 N–H and O–H groups in total. The molecule has 0 unspecified atom stereocenters. The van der Waals surface area contributed by atoms with Gasteiger partial charge in [-0.05, 0) is 18.2 Å². The van der Waals surface area contributed by atoms with Gasteiger partial charge in [0.15, 0.2) is 0 Å². The molecule has 4 heteroatoms. The summed E-state index contributed by atoms with van der Waals surface area (Å²) in [4.78, 5) is 15.9. The van der Waals surface area contributed by atoms with E-state index in [1.807, 2.05) is 6.07 Å². The van der Waals surface area contributed by atoms with Crippen LogP contribution in [-0.4, -0.2) is 16.1 Å². The Hall–Kier alpha value is -2.13. The Morgan fingerprint density at radius 3 is 2.56 bits per heavy atom. The van der Waals surface area contributed by atoms with Gasteiger partial charge in [0.1, 0.15) is 0 Å². The van der Waals surface area contributed by atoms with Crippen molar-refractivity contribution < 1.29 is 9.90 Å². The lowest BCUT2D eigenvalue weighted by Gasteiger charge is -2.07. The molecule has 0 aliphatic carbocycles. The van der Waals surface area contributed by atoms with E-state index >= 15 is 0 Å². The van der Waals surface area contributed by atoms with E-state index in [0.717, 1.165) is 0 Å². The van der Waals surface area contributed by atoms with Crippen LogP contribution in [0.25, 0.3) is 21.8 Å². The van der Waals surface area contributed by atoms with Crippen molar-refractivity contribution in [2.75, 3.05) is 0 Å². The van der Waals surface area contributed by atoms with Crippen LogP contribution in [0.5, 0.6) is 0 Å². The summed E-state index contributed by atoms with van der Waals surface area (Å²) in [6.07, 6.45) is 0. The lowest BCUT2D eigenvalue weighted by molar-refractivity contribution is 0.0701. The first kappa shape index (κ1) is 11.0. The fourth-order valence-corrected chi connectivity index (χ4v) is 2.26. The van der Waals surface area contributed by atoms with Crippen molar-refractivity contribution in [1.29, 1.82) is 0 Å². The summed E-state index contributed by atoms with van der Waals surface area (Å²) in [6, 6.07) is 12.2. The normalized spacial score (nSPS) is 10.9. The average molecular weight is 258 g/mol. The smallest absolute Gasteiger partial charge is 0.337 e. The number of pyridine rings is 1. The Labute approximate surface area is 108 Å². The first-order chi connectivity index (χ1) is 8.66. The van der Waals surface area contributed by atoms with E-state index in [-0.39, 0.29) is 5.56 Å². The molecule has 0 bridgehead atoms. The molecule has 0 radical (unpaired) electrons. The second-order valence-electron chi connectivity index (χ2n) is 3.97. The Morgan fingerprint density at radius 1 is 1.06 bits per heavy atom. The summed E-state index contributed by atoms with van der Waals surface area (Å²) < 4.78 is 0. The van der Waals surface area contributed by atoms with Gasteiger partial charge in [-0.1, -0.05) is 35.9 Å². The van der Waals surface area contributed by atoms with Crippen LogP contribution in [0.1, 0.15) is 10.4 Å². The third kappa shape index (κ3) is 1.60. The molecule has 1 aromatic heterocycles. The number of fused-ring (bicyclic) bond motifs is 2. The van der Waals surface area contributed by atoms with Crippen LogP contribution in [0.4, 0.5) is 0 Å².